The molecule has 12 heteroatoms. The van der Waals surface area contributed by atoms with Crippen LogP contribution in [0.15, 0.2) is 46.1 Å². The van der Waals surface area contributed by atoms with E-state index in [4.69, 9.17) is 14.2 Å². The minimum atomic E-state index is -4.11. The molecule has 1 aromatic heterocycles. The number of aromatic nitrogens is 2. The lowest BCUT2D eigenvalue weighted by molar-refractivity contribution is -0.186. The minimum Gasteiger partial charge on any atom is -0.453 e. The molecular formula is C19H23N2O9P. The number of carbonyl (C=O) groups is 1. The highest BCUT2D eigenvalue weighted by Crippen LogP contribution is 2.48. The van der Waals surface area contributed by atoms with E-state index in [9.17, 15) is 23.8 Å². The number of H-pyrrole nitrogens is 1. The van der Waals surface area contributed by atoms with Gasteiger partial charge in [-0.15, -0.1) is 0 Å². The van der Waals surface area contributed by atoms with E-state index in [0.29, 0.717) is 5.56 Å². The van der Waals surface area contributed by atoms with Gasteiger partial charge in [-0.3, -0.25) is 18.9 Å². The van der Waals surface area contributed by atoms with Gasteiger partial charge < -0.3 is 23.6 Å². The molecule has 2 unspecified atom stereocenters. The summed E-state index contributed by atoms with van der Waals surface area (Å²) in [4.78, 5) is 48.4. The molecule has 0 spiro atoms. The average Bonchev–Trinajstić information content (AvgIpc) is 3.13. The van der Waals surface area contributed by atoms with E-state index in [1.807, 2.05) is 0 Å². The largest absolute Gasteiger partial charge is 0.453 e. The third-order valence-electron chi connectivity index (χ3n) is 4.80. The van der Waals surface area contributed by atoms with Crippen molar-refractivity contribution in [2.45, 2.75) is 44.7 Å². The molecule has 2 aromatic rings. The Morgan fingerprint density at radius 2 is 2.00 bits per heavy atom. The van der Waals surface area contributed by atoms with Gasteiger partial charge in [0.25, 0.3) is 5.56 Å². The van der Waals surface area contributed by atoms with Crippen LogP contribution in [0.5, 0.6) is 0 Å². The summed E-state index contributed by atoms with van der Waals surface area (Å²) in [5, 5.41) is 0. The molecule has 0 radical (unpaired) electrons. The van der Waals surface area contributed by atoms with Crippen LogP contribution in [-0.2, 0) is 23.3 Å². The highest BCUT2D eigenvalue weighted by Gasteiger charge is 2.43. The Morgan fingerprint density at radius 3 is 2.65 bits per heavy atom. The maximum Gasteiger partial charge on any atom is 0.356 e. The highest BCUT2D eigenvalue weighted by molar-refractivity contribution is 7.53. The lowest BCUT2D eigenvalue weighted by Crippen LogP contribution is -2.33. The summed E-state index contributed by atoms with van der Waals surface area (Å²) in [6.45, 7) is 2.83. The number of esters is 1. The van der Waals surface area contributed by atoms with Crippen molar-refractivity contribution >= 4 is 13.6 Å². The van der Waals surface area contributed by atoms with Crippen molar-refractivity contribution in [2.24, 2.45) is 0 Å². The summed E-state index contributed by atoms with van der Waals surface area (Å²) in [7, 11) is -3.05. The molecule has 11 nitrogen and oxygen atoms in total. The topological polar surface area (TPSA) is 146 Å². The first-order valence-corrected chi connectivity index (χ1v) is 11.0. The fourth-order valence-electron chi connectivity index (χ4n) is 3.01. The highest BCUT2D eigenvalue weighted by atomic mass is 31.2. The summed E-state index contributed by atoms with van der Waals surface area (Å²) in [6.07, 6.45) is -1.89. The van der Waals surface area contributed by atoms with Crippen molar-refractivity contribution in [2.75, 3.05) is 7.11 Å². The lowest BCUT2D eigenvalue weighted by atomic mass is 10.2. The fourth-order valence-corrected chi connectivity index (χ4v) is 3.58. The number of nitrogens with one attached hydrogen (secondary N) is 1. The SMILES string of the molecule is COP(=O)(O)C(C)O[C@H]1O[C@@H](n2cc(C)c(=O)[nH]c2=O)C[C@@H]1OC(=O)c1ccccc1. The zero-order chi connectivity index (χ0) is 22.8. The molecule has 0 aliphatic carbocycles. The van der Waals surface area contributed by atoms with E-state index in [0.717, 1.165) is 11.7 Å². The Morgan fingerprint density at radius 1 is 1.32 bits per heavy atom. The Bertz CT molecular complexity index is 1100. The first kappa shape index (κ1) is 23.1. The molecule has 0 saturated carbocycles. The van der Waals surface area contributed by atoms with Crippen molar-refractivity contribution in [1.29, 1.82) is 0 Å². The van der Waals surface area contributed by atoms with Crippen molar-refractivity contribution in [3.05, 3.63) is 68.5 Å². The van der Waals surface area contributed by atoms with E-state index in [1.165, 1.54) is 20.0 Å². The van der Waals surface area contributed by atoms with Crippen LogP contribution in [0.4, 0.5) is 0 Å². The van der Waals surface area contributed by atoms with Gasteiger partial charge in [-0.05, 0) is 26.0 Å². The second-order valence-electron chi connectivity index (χ2n) is 6.97. The average molecular weight is 454 g/mol. The third-order valence-corrected chi connectivity index (χ3v) is 6.37. The van der Waals surface area contributed by atoms with Gasteiger partial charge in [0.05, 0.1) is 5.56 Å². The zero-order valence-corrected chi connectivity index (χ0v) is 18.0. The molecular weight excluding hydrogens is 431 g/mol. The number of aromatic amines is 1. The maximum atomic E-state index is 12.5. The molecule has 5 atom stereocenters. The van der Waals surface area contributed by atoms with Crippen LogP contribution in [-0.4, -0.2) is 45.8 Å². The molecule has 1 fully saturated rings. The molecule has 1 saturated heterocycles. The Kier molecular flexibility index (Phi) is 6.93. The van der Waals surface area contributed by atoms with Gasteiger partial charge in [0.15, 0.2) is 18.2 Å². The van der Waals surface area contributed by atoms with E-state index in [-0.39, 0.29) is 12.0 Å². The van der Waals surface area contributed by atoms with Crippen molar-refractivity contribution in [1.82, 2.24) is 9.55 Å². The van der Waals surface area contributed by atoms with Gasteiger partial charge in [0, 0.05) is 25.3 Å². The van der Waals surface area contributed by atoms with Crippen LogP contribution in [0.1, 0.15) is 35.5 Å². The smallest absolute Gasteiger partial charge is 0.356 e. The number of hydrogen-bond donors (Lipinski definition) is 2. The number of carbonyl (C=O) groups excluding carboxylic acids is 1. The van der Waals surface area contributed by atoms with Crippen LogP contribution < -0.4 is 11.2 Å². The van der Waals surface area contributed by atoms with E-state index >= 15 is 0 Å². The number of rotatable bonds is 7. The fraction of sp³-hybridized carbons (Fsp3) is 0.421. The van der Waals surface area contributed by atoms with Crippen LogP contribution in [0.3, 0.4) is 0 Å². The molecule has 168 valence electrons. The maximum absolute atomic E-state index is 12.5. The normalized spacial score (nSPS) is 23.8. The van der Waals surface area contributed by atoms with Gasteiger partial charge in [-0.2, -0.15) is 0 Å². The second kappa shape index (κ2) is 9.29. The van der Waals surface area contributed by atoms with Crippen molar-refractivity contribution in [3.63, 3.8) is 0 Å². The van der Waals surface area contributed by atoms with Gasteiger partial charge in [-0.25, -0.2) is 9.59 Å². The molecule has 1 aromatic carbocycles. The van der Waals surface area contributed by atoms with Crippen molar-refractivity contribution in [3.8, 4) is 0 Å². The molecule has 1 aliphatic heterocycles. The number of nitrogens with zero attached hydrogens (tertiary/aromatic N) is 1. The summed E-state index contributed by atoms with van der Waals surface area (Å²) < 4.78 is 34.6. The predicted octanol–water partition coefficient (Wildman–Crippen LogP) is 1.51. The van der Waals surface area contributed by atoms with Crippen LogP contribution in [0.25, 0.3) is 0 Å². The Labute approximate surface area is 177 Å². The molecule has 31 heavy (non-hydrogen) atoms. The van der Waals surface area contributed by atoms with Gasteiger partial charge >= 0.3 is 19.3 Å². The molecule has 2 heterocycles. The molecule has 1 aliphatic rings. The molecule has 3 rings (SSSR count). The monoisotopic (exact) mass is 454 g/mol. The van der Waals surface area contributed by atoms with E-state index in [2.05, 4.69) is 9.51 Å². The zero-order valence-electron chi connectivity index (χ0n) is 17.1. The van der Waals surface area contributed by atoms with Gasteiger partial charge in [0.2, 0.25) is 0 Å². The van der Waals surface area contributed by atoms with Gasteiger partial charge in [0.1, 0.15) is 6.23 Å². The summed E-state index contributed by atoms with van der Waals surface area (Å²) in [6, 6.07) is 8.22. The van der Waals surface area contributed by atoms with E-state index in [1.54, 1.807) is 30.3 Å². The summed E-state index contributed by atoms with van der Waals surface area (Å²) >= 11 is 0. The first-order valence-electron chi connectivity index (χ1n) is 9.39. The molecule has 0 amide bonds. The second-order valence-corrected chi connectivity index (χ2v) is 9.19. The van der Waals surface area contributed by atoms with Crippen LogP contribution in [0.2, 0.25) is 0 Å². The standard InChI is InChI=1S/C19H23N2O9P/c1-11-10-21(19(24)20-16(11)22)15-9-14(29-17(23)13-7-5-4-6-8-13)18(30-15)28-12(2)31(25,26)27-3/h4-8,10,12,14-15,18H,9H2,1-3H3,(H,25,26)(H,20,22,24)/t12?,14-,15+,18-/m0/s1. The molecule has 0 bridgehead atoms. The first-order chi connectivity index (χ1) is 14.6. The van der Waals surface area contributed by atoms with Crippen LogP contribution >= 0.6 is 7.60 Å². The Balaban J connectivity index is 1.87. The van der Waals surface area contributed by atoms with Gasteiger partial charge in [-0.1, -0.05) is 18.2 Å². The number of aryl methyl sites for hydroxylation is 1. The minimum absolute atomic E-state index is 0.00403. The molecule has 2 N–H and O–H groups in total. The summed E-state index contributed by atoms with van der Waals surface area (Å²) in [5.74, 6) is -1.95. The van der Waals surface area contributed by atoms with Crippen LogP contribution in [0, 0.1) is 6.92 Å². The number of hydrogen-bond acceptors (Lipinski definition) is 8. The van der Waals surface area contributed by atoms with Crippen molar-refractivity contribution < 1.29 is 33.0 Å². The number of benzene rings is 1. The quantitative estimate of drug-likeness (QED) is 0.469. The number of ether oxygens (including phenoxy) is 3. The third kappa shape index (κ3) is 5.20. The van der Waals surface area contributed by atoms with E-state index < -0.39 is 49.3 Å². The lowest BCUT2D eigenvalue weighted by Gasteiger charge is -2.24. The predicted molar refractivity (Wildman–Crippen MR) is 108 cm³/mol. The Hall–Kier alpha value is -2.56. The summed E-state index contributed by atoms with van der Waals surface area (Å²) in [5.41, 5.74) is -0.682.